The van der Waals surface area contributed by atoms with Gasteiger partial charge in [-0.05, 0) is 25.7 Å². The van der Waals surface area contributed by atoms with E-state index in [1.807, 2.05) is 0 Å². The first-order valence-electron chi connectivity index (χ1n) is 9.08. The molecule has 4 heteroatoms. The third-order valence-electron chi connectivity index (χ3n) is 6.11. The number of nitrogens with zero attached hydrogens (tertiary/aromatic N) is 1. The van der Waals surface area contributed by atoms with Gasteiger partial charge < -0.3 is 9.64 Å². The maximum absolute atomic E-state index is 12.6. The Morgan fingerprint density at radius 2 is 2.18 bits per heavy atom. The van der Waals surface area contributed by atoms with E-state index in [-0.39, 0.29) is 23.7 Å². The SMILES string of the molecule is CCCC[C@H]1C[C@H](OC(C)=O)[C@H]2CCCC[C@@]23CCC(=O)N13. The Labute approximate surface area is 133 Å². The standard InChI is InChI=1S/C18H29NO3/c1-3-4-7-14-12-16(22-13(2)20)15-8-5-6-10-18(15)11-9-17(21)19(14)18/h14-16H,3-12H2,1-2H3/t14-,15+,16-,18+/m0/s1. The van der Waals surface area contributed by atoms with Crippen LogP contribution < -0.4 is 0 Å². The zero-order valence-corrected chi connectivity index (χ0v) is 14.0. The van der Waals surface area contributed by atoms with Crippen LogP contribution in [-0.4, -0.2) is 34.5 Å². The molecule has 4 atom stereocenters. The van der Waals surface area contributed by atoms with Crippen molar-refractivity contribution in [3.05, 3.63) is 0 Å². The van der Waals surface area contributed by atoms with Crippen molar-refractivity contribution >= 4 is 11.9 Å². The maximum Gasteiger partial charge on any atom is 0.302 e. The second kappa shape index (κ2) is 6.21. The van der Waals surface area contributed by atoms with Gasteiger partial charge in [0.1, 0.15) is 6.10 Å². The van der Waals surface area contributed by atoms with Gasteiger partial charge in [-0.2, -0.15) is 0 Å². The van der Waals surface area contributed by atoms with E-state index in [9.17, 15) is 9.59 Å². The number of amides is 1. The summed E-state index contributed by atoms with van der Waals surface area (Å²) in [5, 5.41) is 0. The molecule has 1 saturated carbocycles. The smallest absolute Gasteiger partial charge is 0.302 e. The third kappa shape index (κ3) is 2.55. The topological polar surface area (TPSA) is 46.6 Å². The lowest BCUT2D eigenvalue weighted by Crippen LogP contribution is -2.64. The van der Waals surface area contributed by atoms with Gasteiger partial charge >= 0.3 is 5.97 Å². The van der Waals surface area contributed by atoms with Crippen molar-refractivity contribution in [1.29, 1.82) is 0 Å². The Kier molecular flexibility index (Phi) is 4.47. The first-order chi connectivity index (χ1) is 10.6. The molecule has 0 radical (unpaired) electrons. The Morgan fingerprint density at radius 3 is 2.91 bits per heavy atom. The van der Waals surface area contributed by atoms with Gasteiger partial charge in [0, 0.05) is 31.7 Å². The summed E-state index contributed by atoms with van der Waals surface area (Å²) in [6, 6.07) is 0.272. The molecule has 0 aromatic carbocycles. The number of hydrogen-bond donors (Lipinski definition) is 0. The lowest BCUT2D eigenvalue weighted by atomic mass is 9.64. The number of unbranched alkanes of at least 4 members (excludes halogenated alkanes) is 1. The van der Waals surface area contributed by atoms with E-state index in [0.29, 0.717) is 18.2 Å². The van der Waals surface area contributed by atoms with Crippen LogP contribution in [0.5, 0.6) is 0 Å². The predicted molar refractivity (Wildman–Crippen MR) is 84.3 cm³/mol. The summed E-state index contributed by atoms with van der Waals surface area (Å²) >= 11 is 0. The normalized spacial score (nSPS) is 37.6. The average Bonchev–Trinajstić information content (AvgIpc) is 2.81. The first kappa shape index (κ1) is 15.8. The monoisotopic (exact) mass is 307 g/mol. The minimum atomic E-state index is -0.169. The number of carbonyl (C=O) groups is 2. The van der Waals surface area contributed by atoms with Crippen molar-refractivity contribution in [2.45, 2.75) is 95.7 Å². The first-order valence-corrected chi connectivity index (χ1v) is 9.08. The molecule has 0 aromatic rings. The molecular formula is C18H29NO3. The quantitative estimate of drug-likeness (QED) is 0.748. The molecule has 1 spiro atoms. The molecule has 3 aliphatic rings. The molecule has 3 rings (SSSR count). The Hall–Kier alpha value is -1.06. The second-order valence-corrected chi connectivity index (χ2v) is 7.40. The summed E-state index contributed by atoms with van der Waals surface area (Å²) in [6.07, 6.45) is 10.5. The number of hydrogen-bond acceptors (Lipinski definition) is 3. The van der Waals surface area contributed by atoms with Crippen molar-refractivity contribution in [1.82, 2.24) is 4.90 Å². The molecule has 0 bridgehead atoms. The number of ether oxygens (including phenoxy) is 1. The third-order valence-corrected chi connectivity index (χ3v) is 6.11. The highest BCUT2D eigenvalue weighted by Gasteiger charge is 2.59. The molecule has 2 aliphatic heterocycles. The van der Waals surface area contributed by atoms with Gasteiger partial charge in [-0.3, -0.25) is 9.59 Å². The van der Waals surface area contributed by atoms with Crippen molar-refractivity contribution in [3.63, 3.8) is 0 Å². The summed E-state index contributed by atoms with van der Waals surface area (Å²) in [5.74, 6) is 0.529. The summed E-state index contributed by atoms with van der Waals surface area (Å²) in [6.45, 7) is 3.71. The van der Waals surface area contributed by atoms with Crippen LogP contribution in [0, 0.1) is 5.92 Å². The van der Waals surface area contributed by atoms with E-state index in [0.717, 1.165) is 44.9 Å². The molecule has 1 aliphatic carbocycles. The van der Waals surface area contributed by atoms with Crippen LogP contribution >= 0.6 is 0 Å². The molecule has 0 N–H and O–H groups in total. The molecular weight excluding hydrogens is 278 g/mol. The lowest BCUT2D eigenvalue weighted by Gasteiger charge is -2.57. The fraction of sp³-hybridized carbons (Fsp3) is 0.889. The molecule has 4 nitrogen and oxygen atoms in total. The largest absolute Gasteiger partial charge is 0.462 e. The van der Waals surface area contributed by atoms with Gasteiger partial charge in [-0.25, -0.2) is 0 Å². The van der Waals surface area contributed by atoms with E-state index in [4.69, 9.17) is 4.74 Å². The number of rotatable bonds is 4. The minimum Gasteiger partial charge on any atom is -0.462 e. The summed E-state index contributed by atoms with van der Waals surface area (Å²) in [5.41, 5.74) is -0.00783. The van der Waals surface area contributed by atoms with Crippen LogP contribution in [-0.2, 0) is 14.3 Å². The summed E-state index contributed by atoms with van der Waals surface area (Å²) < 4.78 is 5.73. The predicted octanol–water partition coefficient (Wildman–Crippen LogP) is 3.43. The number of piperidine rings is 1. The van der Waals surface area contributed by atoms with Gasteiger partial charge in [-0.15, -0.1) is 0 Å². The van der Waals surface area contributed by atoms with E-state index >= 15 is 0 Å². The maximum atomic E-state index is 12.6. The van der Waals surface area contributed by atoms with Crippen LogP contribution in [0.4, 0.5) is 0 Å². The van der Waals surface area contributed by atoms with Crippen LogP contribution in [0.3, 0.4) is 0 Å². The molecule has 22 heavy (non-hydrogen) atoms. The highest BCUT2D eigenvalue weighted by Crippen LogP contribution is 2.53. The van der Waals surface area contributed by atoms with Crippen molar-refractivity contribution < 1.29 is 14.3 Å². The Bertz CT molecular complexity index is 450. The number of esters is 1. The minimum absolute atomic E-state index is 0.00783. The fourth-order valence-electron chi connectivity index (χ4n) is 5.34. The summed E-state index contributed by atoms with van der Waals surface area (Å²) in [4.78, 5) is 26.4. The van der Waals surface area contributed by atoms with Crippen molar-refractivity contribution in [2.24, 2.45) is 5.92 Å². The van der Waals surface area contributed by atoms with Gasteiger partial charge in [-0.1, -0.05) is 32.6 Å². The average molecular weight is 307 g/mol. The van der Waals surface area contributed by atoms with Gasteiger partial charge in [0.05, 0.1) is 5.54 Å². The van der Waals surface area contributed by atoms with Crippen LogP contribution in [0.2, 0.25) is 0 Å². The lowest BCUT2D eigenvalue weighted by molar-refractivity contribution is -0.171. The molecule has 1 amide bonds. The van der Waals surface area contributed by atoms with Gasteiger partial charge in [0.15, 0.2) is 0 Å². The highest BCUT2D eigenvalue weighted by atomic mass is 16.5. The van der Waals surface area contributed by atoms with E-state index in [2.05, 4.69) is 11.8 Å². The zero-order valence-electron chi connectivity index (χ0n) is 14.0. The summed E-state index contributed by atoms with van der Waals surface area (Å²) in [7, 11) is 0. The number of carbonyl (C=O) groups excluding carboxylic acids is 2. The molecule has 0 unspecified atom stereocenters. The van der Waals surface area contributed by atoms with Gasteiger partial charge in [0.2, 0.25) is 5.91 Å². The van der Waals surface area contributed by atoms with Crippen LogP contribution in [0.1, 0.15) is 78.1 Å². The molecule has 124 valence electrons. The van der Waals surface area contributed by atoms with E-state index in [1.165, 1.54) is 19.8 Å². The highest BCUT2D eigenvalue weighted by molar-refractivity contribution is 5.80. The van der Waals surface area contributed by atoms with Crippen LogP contribution in [0.25, 0.3) is 0 Å². The fourth-order valence-corrected chi connectivity index (χ4v) is 5.34. The Morgan fingerprint density at radius 1 is 1.36 bits per heavy atom. The zero-order chi connectivity index (χ0) is 15.7. The van der Waals surface area contributed by atoms with Gasteiger partial charge in [0.25, 0.3) is 0 Å². The molecule has 0 aromatic heterocycles. The van der Waals surface area contributed by atoms with Crippen molar-refractivity contribution in [2.75, 3.05) is 0 Å². The Balaban J connectivity index is 1.90. The second-order valence-electron chi connectivity index (χ2n) is 7.40. The molecule has 3 fully saturated rings. The molecule has 2 heterocycles. The van der Waals surface area contributed by atoms with Crippen LogP contribution in [0.15, 0.2) is 0 Å². The van der Waals surface area contributed by atoms with Crippen molar-refractivity contribution in [3.8, 4) is 0 Å². The molecule has 2 saturated heterocycles. The van der Waals surface area contributed by atoms with E-state index in [1.54, 1.807) is 0 Å². The van der Waals surface area contributed by atoms with E-state index < -0.39 is 0 Å².